The summed E-state index contributed by atoms with van der Waals surface area (Å²) in [6, 6.07) is 13.5. The van der Waals surface area contributed by atoms with Crippen LogP contribution in [0, 0.1) is 6.92 Å². The summed E-state index contributed by atoms with van der Waals surface area (Å²) >= 11 is 0. The Morgan fingerprint density at radius 2 is 1.71 bits per heavy atom. The van der Waals surface area contributed by atoms with Crippen LogP contribution in [0.25, 0.3) is 0 Å². The highest BCUT2D eigenvalue weighted by Gasteiger charge is 2.13. The first-order chi connectivity index (χ1) is 11.5. The van der Waals surface area contributed by atoms with Gasteiger partial charge in [0.2, 0.25) is 6.17 Å². The molecule has 1 N–H and O–H groups in total. The van der Waals surface area contributed by atoms with E-state index in [2.05, 4.69) is 20.5 Å². The fraction of sp³-hybridized carbons (Fsp3) is 0.176. The van der Waals surface area contributed by atoms with Crippen molar-refractivity contribution in [2.24, 2.45) is 20.5 Å². The Kier molecular flexibility index (Phi) is 5.62. The van der Waals surface area contributed by atoms with Gasteiger partial charge >= 0.3 is 5.97 Å². The Balaban J connectivity index is 2.23. The van der Waals surface area contributed by atoms with Crippen LogP contribution in [-0.4, -0.2) is 23.0 Å². The largest absolute Gasteiger partial charge is 0.478 e. The van der Waals surface area contributed by atoms with Gasteiger partial charge in [0.25, 0.3) is 0 Å². The summed E-state index contributed by atoms with van der Waals surface area (Å²) in [6.45, 7) is 3.24. The highest BCUT2D eigenvalue weighted by Crippen LogP contribution is 2.20. The van der Waals surface area contributed by atoms with Gasteiger partial charge in [-0.25, -0.2) is 4.79 Å². The summed E-state index contributed by atoms with van der Waals surface area (Å²) in [7, 11) is 0. The van der Waals surface area contributed by atoms with E-state index in [1.54, 1.807) is 18.2 Å². The lowest BCUT2D eigenvalue weighted by Crippen LogP contribution is -2.10. The number of aromatic carboxylic acids is 1. The monoisotopic (exact) mass is 324 g/mol. The van der Waals surface area contributed by atoms with Gasteiger partial charge in [-0.1, -0.05) is 24.3 Å². The molecule has 2 rings (SSSR count). The topological polar surface area (TPSA) is 104 Å². The fourth-order valence-corrected chi connectivity index (χ4v) is 1.86. The van der Waals surface area contributed by atoms with Crippen LogP contribution >= 0.6 is 0 Å². The predicted molar refractivity (Wildman–Crippen MR) is 88.1 cm³/mol. The third-order valence-corrected chi connectivity index (χ3v) is 3.06. The van der Waals surface area contributed by atoms with Crippen molar-refractivity contribution in [1.29, 1.82) is 0 Å². The molecule has 0 aliphatic rings. The van der Waals surface area contributed by atoms with Crippen molar-refractivity contribution in [1.82, 2.24) is 0 Å². The van der Waals surface area contributed by atoms with Crippen LogP contribution in [-0.2, 0) is 4.79 Å². The molecule has 0 aliphatic carbocycles. The minimum absolute atomic E-state index is 0.000764. The molecular weight excluding hydrogens is 308 g/mol. The number of rotatable bonds is 6. The lowest BCUT2D eigenvalue weighted by Gasteiger charge is -2.02. The zero-order chi connectivity index (χ0) is 17.5. The van der Waals surface area contributed by atoms with Gasteiger partial charge < -0.3 is 5.11 Å². The number of ketones is 1. The van der Waals surface area contributed by atoms with Crippen LogP contribution in [0.3, 0.4) is 0 Å². The normalized spacial score (nSPS) is 12.6. The zero-order valence-electron chi connectivity index (χ0n) is 13.2. The van der Waals surface area contributed by atoms with E-state index >= 15 is 0 Å². The van der Waals surface area contributed by atoms with E-state index in [4.69, 9.17) is 5.11 Å². The Labute approximate surface area is 138 Å². The maximum absolute atomic E-state index is 11.6. The number of hydrogen-bond donors (Lipinski definition) is 1. The first kappa shape index (κ1) is 17.1. The molecule has 24 heavy (non-hydrogen) atoms. The molecule has 0 heterocycles. The predicted octanol–water partition coefficient (Wildman–Crippen LogP) is 4.48. The van der Waals surface area contributed by atoms with Crippen LogP contribution in [0.4, 0.5) is 11.4 Å². The van der Waals surface area contributed by atoms with Gasteiger partial charge in [0.05, 0.1) is 16.9 Å². The Hall–Kier alpha value is -3.22. The number of azo groups is 2. The van der Waals surface area contributed by atoms with E-state index in [0.29, 0.717) is 5.69 Å². The average Bonchev–Trinajstić information content (AvgIpc) is 2.54. The first-order valence-electron chi connectivity index (χ1n) is 7.18. The van der Waals surface area contributed by atoms with Crippen molar-refractivity contribution < 1.29 is 14.7 Å². The first-order valence-corrected chi connectivity index (χ1v) is 7.18. The SMILES string of the molecule is CC(=O)C(N=Nc1cccc(C)c1)N=Nc1ccccc1C(=O)O. The van der Waals surface area contributed by atoms with Crippen LogP contribution in [0.5, 0.6) is 0 Å². The van der Waals surface area contributed by atoms with Crippen molar-refractivity contribution in [2.45, 2.75) is 20.0 Å². The van der Waals surface area contributed by atoms with Gasteiger partial charge in [0.1, 0.15) is 0 Å². The van der Waals surface area contributed by atoms with Crippen LogP contribution in [0.15, 0.2) is 69.0 Å². The van der Waals surface area contributed by atoms with Crippen molar-refractivity contribution in [3.8, 4) is 0 Å². The summed E-state index contributed by atoms with van der Waals surface area (Å²) in [6.07, 6.45) is -1.12. The summed E-state index contributed by atoms with van der Waals surface area (Å²) in [5.74, 6) is -1.46. The molecular formula is C17H16N4O3. The molecule has 0 bridgehead atoms. The van der Waals surface area contributed by atoms with Gasteiger partial charge in [-0.05, 0) is 43.7 Å². The number of nitrogens with zero attached hydrogens (tertiary/aromatic N) is 4. The number of carbonyl (C=O) groups excluding carboxylic acids is 1. The molecule has 7 heteroatoms. The van der Waals surface area contributed by atoms with Crippen molar-refractivity contribution >= 4 is 23.1 Å². The molecule has 0 saturated carbocycles. The van der Waals surface area contributed by atoms with E-state index in [0.717, 1.165) is 5.56 Å². The molecule has 1 atom stereocenters. The number of Topliss-reactive ketones (excluding diaryl/α,β-unsaturated/α-hetero) is 1. The second kappa shape index (κ2) is 7.87. The van der Waals surface area contributed by atoms with E-state index in [-0.39, 0.29) is 17.0 Å². The number of carboxylic acid groups (broad SMARTS) is 1. The second-order valence-electron chi connectivity index (χ2n) is 5.08. The smallest absolute Gasteiger partial charge is 0.337 e. The van der Waals surface area contributed by atoms with Crippen molar-refractivity contribution in [3.05, 3.63) is 59.7 Å². The van der Waals surface area contributed by atoms with Gasteiger partial charge in [0.15, 0.2) is 5.78 Å². The van der Waals surface area contributed by atoms with E-state index in [1.807, 2.05) is 25.1 Å². The molecule has 0 spiro atoms. The van der Waals surface area contributed by atoms with E-state index in [9.17, 15) is 9.59 Å². The highest BCUT2D eigenvalue weighted by molar-refractivity contribution is 5.93. The number of carbonyl (C=O) groups is 2. The van der Waals surface area contributed by atoms with Gasteiger partial charge in [-0.2, -0.15) is 20.5 Å². The minimum Gasteiger partial charge on any atom is -0.478 e. The molecule has 0 aromatic heterocycles. The number of aryl methyl sites for hydroxylation is 1. The third kappa shape index (κ3) is 4.64. The van der Waals surface area contributed by atoms with Crippen molar-refractivity contribution in [3.63, 3.8) is 0 Å². The number of carboxylic acids is 1. The molecule has 2 aromatic carbocycles. The maximum Gasteiger partial charge on any atom is 0.337 e. The molecule has 7 nitrogen and oxygen atoms in total. The Morgan fingerprint density at radius 1 is 1.00 bits per heavy atom. The second-order valence-corrected chi connectivity index (χ2v) is 5.08. The van der Waals surface area contributed by atoms with Gasteiger partial charge in [-0.15, -0.1) is 0 Å². The highest BCUT2D eigenvalue weighted by atomic mass is 16.4. The van der Waals surface area contributed by atoms with E-state index < -0.39 is 12.1 Å². The molecule has 1 unspecified atom stereocenters. The molecule has 0 amide bonds. The Bertz CT molecular complexity index is 815. The summed E-state index contributed by atoms with van der Waals surface area (Å²) in [5, 5.41) is 24.7. The lowest BCUT2D eigenvalue weighted by molar-refractivity contribution is -0.118. The summed E-state index contributed by atoms with van der Waals surface area (Å²) < 4.78 is 0. The minimum atomic E-state index is -1.12. The zero-order valence-corrected chi connectivity index (χ0v) is 13.2. The van der Waals surface area contributed by atoms with Gasteiger partial charge in [0, 0.05) is 0 Å². The van der Waals surface area contributed by atoms with E-state index in [1.165, 1.54) is 19.1 Å². The Morgan fingerprint density at radius 3 is 2.38 bits per heavy atom. The molecule has 0 saturated heterocycles. The quantitative estimate of drug-likeness (QED) is 0.792. The van der Waals surface area contributed by atoms with Crippen molar-refractivity contribution in [2.75, 3.05) is 0 Å². The third-order valence-electron chi connectivity index (χ3n) is 3.06. The van der Waals surface area contributed by atoms with Crippen LogP contribution in [0.2, 0.25) is 0 Å². The average molecular weight is 324 g/mol. The molecule has 0 radical (unpaired) electrons. The number of hydrogen-bond acceptors (Lipinski definition) is 6. The molecule has 0 aliphatic heterocycles. The molecule has 122 valence electrons. The molecule has 0 fully saturated rings. The summed E-state index contributed by atoms with van der Waals surface area (Å²) in [5.41, 5.74) is 1.77. The fourth-order valence-electron chi connectivity index (χ4n) is 1.86. The standard InChI is InChI=1S/C17H16N4O3/c1-11-6-5-7-13(10-11)18-20-16(12(2)22)21-19-15-9-4-3-8-14(15)17(23)24/h3-10,16H,1-2H3,(H,23,24). The summed E-state index contributed by atoms with van der Waals surface area (Å²) in [4.78, 5) is 22.8. The van der Waals surface area contributed by atoms with Crippen LogP contribution in [0.1, 0.15) is 22.8 Å². The number of benzene rings is 2. The van der Waals surface area contributed by atoms with Crippen LogP contribution < -0.4 is 0 Å². The maximum atomic E-state index is 11.6. The molecule has 2 aromatic rings. The lowest BCUT2D eigenvalue weighted by atomic mass is 10.2. The van der Waals surface area contributed by atoms with Gasteiger partial charge in [-0.3, -0.25) is 4.79 Å².